The SMILES string of the molecule is CC(C)(C)C(=O)ON1CCC(n2cc(-c3cnc4cccc(-c5ccc(S(C)(=O)=O)cc5)c4n3)cn2)CC1. The lowest BCUT2D eigenvalue weighted by atomic mass is 9.98. The van der Waals surface area contributed by atoms with Crippen molar-refractivity contribution in [3.63, 3.8) is 0 Å². The largest absolute Gasteiger partial charge is 0.367 e. The highest BCUT2D eigenvalue weighted by molar-refractivity contribution is 7.90. The molecule has 1 saturated heterocycles. The summed E-state index contributed by atoms with van der Waals surface area (Å²) in [5.41, 5.74) is 4.27. The van der Waals surface area contributed by atoms with Crippen LogP contribution in [0, 0.1) is 5.41 Å². The van der Waals surface area contributed by atoms with Crippen LogP contribution in [0.1, 0.15) is 39.7 Å². The molecule has 0 atom stereocenters. The van der Waals surface area contributed by atoms with Crippen molar-refractivity contribution >= 4 is 26.8 Å². The summed E-state index contributed by atoms with van der Waals surface area (Å²) in [7, 11) is -3.27. The van der Waals surface area contributed by atoms with Gasteiger partial charge in [0.25, 0.3) is 0 Å². The van der Waals surface area contributed by atoms with Gasteiger partial charge in [0.1, 0.15) is 0 Å². The van der Waals surface area contributed by atoms with Crippen LogP contribution in [0.2, 0.25) is 0 Å². The Balaban J connectivity index is 1.35. The van der Waals surface area contributed by atoms with Crippen LogP contribution < -0.4 is 0 Å². The van der Waals surface area contributed by atoms with Crippen molar-refractivity contribution in [1.29, 1.82) is 0 Å². The molecule has 198 valence electrons. The number of carbonyl (C=O) groups excluding carboxylic acids is 1. The Morgan fingerprint density at radius 2 is 1.71 bits per heavy atom. The molecule has 2 aromatic heterocycles. The van der Waals surface area contributed by atoms with Crippen molar-refractivity contribution in [3.8, 4) is 22.4 Å². The molecule has 2 aromatic carbocycles. The fourth-order valence-electron chi connectivity index (χ4n) is 4.41. The van der Waals surface area contributed by atoms with E-state index in [9.17, 15) is 13.2 Å². The average molecular weight is 534 g/mol. The number of sulfone groups is 1. The van der Waals surface area contributed by atoms with E-state index in [0.717, 1.165) is 40.6 Å². The molecule has 1 aliphatic rings. The van der Waals surface area contributed by atoms with E-state index in [1.165, 1.54) is 6.26 Å². The second-order valence-electron chi connectivity index (χ2n) is 10.7. The smallest absolute Gasteiger partial charge is 0.330 e. The lowest BCUT2D eigenvalue weighted by molar-refractivity contribution is -0.205. The molecule has 0 bridgehead atoms. The first kappa shape index (κ1) is 26.0. The molecule has 0 saturated carbocycles. The van der Waals surface area contributed by atoms with Gasteiger partial charge in [-0.25, -0.2) is 18.2 Å². The summed E-state index contributed by atoms with van der Waals surface area (Å²) in [6.45, 7) is 6.85. The van der Waals surface area contributed by atoms with Crippen molar-refractivity contribution in [2.75, 3.05) is 19.3 Å². The first-order valence-corrected chi connectivity index (χ1v) is 14.5. The van der Waals surface area contributed by atoms with Gasteiger partial charge in [-0.15, -0.1) is 5.06 Å². The van der Waals surface area contributed by atoms with Crippen LogP contribution in [0.4, 0.5) is 0 Å². The number of fused-ring (bicyclic) bond motifs is 1. The van der Waals surface area contributed by atoms with Gasteiger partial charge in [-0.1, -0.05) is 24.3 Å². The number of benzene rings is 2. The number of hydrogen-bond acceptors (Lipinski definition) is 8. The number of piperidine rings is 1. The van der Waals surface area contributed by atoms with Gasteiger partial charge < -0.3 is 4.84 Å². The number of hydrogen-bond donors (Lipinski definition) is 0. The van der Waals surface area contributed by atoms with Gasteiger partial charge in [0.15, 0.2) is 9.84 Å². The molecule has 0 N–H and O–H groups in total. The van der Waals surface area contributed by atoms with E-state index in [4.69, 9.17) is 9.82 Å². The van der Waals surface area contributed by atoms with E-state index in [1.54, 1.807) is 41.7 Å². The summed E-state index contributed by atoms with van der Waals surface area (Å²) < 4.78 is 25.7. The van der Waals surface area contributed by atoms with E-state index in [-0.39, 0.29) is 16.9 Å². The highest BCUT2D eigenvalue weighted by Crippen LogP contribution is 2.30. The van der Waals surface area contributed by atoms with Crippen LogP contribution >= 0.6 is 0 Å². The number of para-hydroxylation sites is 1. The fraction of sp³-hybridized carbons (Fsp3) is 0.357. The zero-order chi connectivity index (χ0) is 27.1. The minimum Gasteiger partial charge on any atom is -0.367 e. The Labute approximate surface area is 222 Å². The lowest BCUT2D eigenvalue weighted by Gasteiger charge is -2.32. The predicted octanol–water partition coefficient (Wildman–Crippen LogP) is 4.71. The third kappa shape index (κ3) is 5.46. The molecular formula is C28H31N5O4S. The third-order valence-electron chi connectivity index (χ3n) is 6.69. The molecule has 0 unspecified atom stereocenters. The van der Waals surface area contributed by atoms with Gasteiger partial charge in [0.2, 0.25) is 0 Å². The molecule has 0 aliphatic carbocycles. The lowest BCUT2D eigenvalue weighted by Crippen LogP contribution is -2.39. The van der Waals surface area contributed by atoms with Crippen LogP contribution in [0.15, 0.2) is 66.0 Å². The molecule has 10 heteroatoms. The minimum atomic E-state index is -3.27. The maximum atomic E-state index is 12.2. The Bertz CT molecular complexity index is 1580. The summed E-state index contributed by atoms with van der Waals surface area (Å²) in [4.78, 5) is 27.6. The van der Waals surface area contributed by atoms with E-state index in [2.05, 4.69) is 10.1 Å². The zero-order valence-corrected chi connectivity index (χ0v) is 22.8. The van der Waals surface area contributed by atoms with Gasteiger partial charge >= 0.3 is 5.97 Å². The molecule has 4 aromatic rings. The highest BCUT2D eigenvalue weighted by atomic mass is 32.2. The van der Waals surface area contributed by atoms with Crippen LogP contribution in [0.5, 0.6) is 0 Å². The summed E-state index contributed by atoms with van der Waals surface area (Å²) in [6, 6.07) is 12.8. The molecule has 0 amide bonds. The zero-order valence-electron chi connectivity index (χ0n) is 22.0. The number of rotatable bonds is 5. The van der Waals surface area contributed by atoms with E-state index < -0.39 is 15.3 Å². The van der Waals surface area contributed by atoms with Crippen LogP contribution in [0.3, 0.4) is 0 Å². The van der Waals surface area contributed by atoms with Crippen molar-refractivity contribution in [3.05, 3.63) is 61.1 Å². The van der Waals surface area contributed by atoms with Crippen molar-refractivity contribution in [2.24, 2.45) is 5.41 Å². The summed E-state index contributed by atoms with van der Waals surface area (Å²) in [5.74, 6) is -0.224. The van der Waals surface area contributed by atoms with Gasteiger partial charge in [-0.2, -0.15) is 5.10 Å². The van der Waals surface area contributed by atoms with Crippen LogP contribution in [0.25, 0.3) is 33.4 Å². The van der Waals surface area contributed by atoms with Crippen LogP contribution in [-0.4, -0.2) is 58.5 Å². The molecule has 0 radical (unpaired) electrons. The number of hydroxylamine groups is 2. The third-order valence-corrected chi connectivity index (χ3v) is 7.81. The molecule has 5 rings (SSSR count). The maximum Gasteiger partial charge on any atom is 0.330 e. The number of nitrogens with zero attached hydrogens (tertiary/aromatic N) is 5. The van der Waals surface area contributed by atoms with Crippen molar-refractivity contribution in [2.45, 2.75) is 44.6 Å². The maximum absolute atomic E-state index is 12.2. The first-order valence-electron chi connectivity index (χ1n) is 12.6. The Kier molecular flexibility index (Phi) is 6.79. The molecule has 1 fully saturated rings. The highest BCUT2D eigenvalue weighted by Gasteiger charge is 2.29. The Morgan fingerprint density at radius 3 is 2.37 bits per heavy atom. The summed E-state index contributed by atoms with van der Waals surface area (Å²) in [6.07, 6.45) is 8.36. The van der Waals surface area contributed by atoms with Gasteiger partial charge in [-0.05, 0) is 57.4 Å². The monoisotopic (exact) mass is 533 g/mol. The van der Waals surface area contributed by atoms with Crippen molar-refractivity contribution in [1.82, 2.24) is 24.8 Å². The standard InChI is InChI=1S/C28H31N5O4S/c1-28(2,3)27(34)37-32-14-12-21(13-15-32)33-18-20(16-30-33)25-17-29-24-7-5-6-23(26(24)31-25)19-8-10-22(11-9-19)38(4,35)36/h5-11,16-18,21H,12-15H2,1-4H3. The van der Waals surface area contributed by atoms with E-state index in [1.807, 2.05) is 49.8 Å². The second kappa shape index (κ2) is 9.92. The predicted molar refractivity (Wildman–Crippen MR) is 145 cm³/mol. The molecular weight excluding hydrogens is 502 g/mol. The molecule has 1 aliphatic heterocycles. The van der Waals surface area contributed by atoms with Crippen LogP contribution in [-0.2, 0) is 19.5 Å². The summed E-state index contributed by atoms with van der Waals surface area (Å²) in [5, 5.41) is 6.34. The first-order chi connectivity index (χ1) is 18.0. The summed E-state index contributed by atoms with van der Waals surface area (Å²) >= 11 is 0. The van der Waals surface area contributed by atoms with E-state index >= 15 is 0 Å². The normalized spacial score (nSPS) is 15.6. The van der Waals surface area contributed by atoms with Gasteiger partial charge in [-0.3, -0.25) is 9.67 Å². The number of aromatic nitrogens is 4. The minimum absolute atomic E-state index is 0.200. The van der Waals surface area contributed by atoms with Gasteiger partial charge in [0.05, 0.1) is 45.5 Å². The second-order valence-corrected chi connectivity index (χ2v) is 12.7. The molecule has 9 nitrogen and oxygen atoms in total. The topological polar surface area (TPSA) is 107 Å². The van der Waals surface area contributed by atoms with Gasteiger partial charge in [0, 0.05) is 36.7 Å². The Morgan fingerprint density at radius 1 is 1.00 bits per heavy atom. The fourth-order valence-corrected chi connectivity index (χ4v) is 5.04. The Hall–Kier alpha value is -3.63. The molecule has 3 heterocycles. The number of carbonyl (C=O) groups is 1. The van der Waals surface area contributed by atoms with E-state index in [0.29, 0.717) is 18.8 Å². The van der Waals surface area contributed by atoms with Crippen molar-refractivity contribution < 1.29 is 18.0 Å². The molecule has 0 spiro atoms. The molecule has 38 heavy (non-hydrogen) atoms. The quantitative estimate of drug-likeness (QED) is 0.363. The average Bonchev–Trinajstić information content (AvgIpc) is 3.38.